The fourth-order valence-electron chi connectivity index (χ4n) is 11.2. The molecule has 12 atom stereocenters. The van der Waals surface area contributed by atoms with Gasteiger partial charge in [-0.05, 0) is 80.4 Å². The number of likely N-dealkylation sites (tertiary alicyclic amines) is 1. The maximum absolute atomic E-state index is 13.3. The van der Waals surface area contributed by atoms with Crippen molar-refractivity contribution in [3.8, 4) is 0 Å². The third kappa shape index (κ3) is 21.7. The number of ether oxygens (including phenoxy) is 3. The van der Waals surface area contributed by atoms with E-state index < -0.39 is 138 Å². The minimum absolute atomic E-state index is 0.0425. The number of nitrogens with one attached hydrogen (secondary N) is 8. The summed E-state index contributed by atoms with van der Waals surface area (Å²) in [4.78, 5) is 79.3. The highest BCUT2D eigenvalue weighted by Gasteiger charge is 2.55. The molecule has 3 fully saturated rings. The van der Waals surface area contributed by atoms with Crippen LogP contribution in [0.3, 0.4) is 0 Å². The van der Waals surface area contributed by atoms with E-state index in [9.17, 15) is 85.1 Å². The van der Waals surface area contributed by atoms with Crippen molar-refractivity contribution < 1.29 is 121 Å². The summed E-state index contributed by atoms with van der Waals surface area (Å²) in [6.07, 6.45) is -0.698. The van der Waals surface area contributed by atoms with Gasteiger partial charge in [0, 0.05) is 35.3 Å². The lowest BCUT2D eigenvalue weighted by molar-refractivity contribution is -0.0534. The Bertz CT molecular complexity index is 4280. The lowest BCUT2D eigenvalue weighted by Crippen LogP contribution is -2.49. The third-order valence-corrected chi connectivity index (χ3v) is 28.0. The minimum Gasteiger partial charge on any atom is -0.444 e. The summed E-state index contributed by atoms with van der Waals surface area (Å²) >= 11 is 0. The van der Waals surface area contributed by atoms with E-state index in [2.05, 4.69) is 103 Å². The molecule has 0 saturated carbocycles. The van der Waals surface area contributed by atoms with E-state index in [4.69, 9.17) is 36.7 Å². The van der Waals surface area contributed by atoms with Gasteiger partial charge in [-0.15, -0.1) is 0 Å². The molecule has 0 spiro atoms. The second-order valence-electron chi connectivity index (χ2n) is 26.4. The van der Waals surface area contributed by atoms with Gasteiger partial charge in [-0.3, -0.25) is 37.2 Å². The van der Waals surface area contributed by atoms with Crippen LogP contribution in [0.25, 0.3) is 33.1 Å². The third-order valence-electron chi connectivity index (χ3n) is 17.0. The summed E-state index contributed by atoms with van der Waals surface area (Å²) < 4.78 is 151. The molecule has 3 aliphatic rings. The predicted molar refractivity (Wildman–Crippen MR) is 378 cm³/mol. The number of aliphatic hydroxyl groups is 6. The van der Waals surface area contributed by atoms with Crippen LogP contribution in [0.15, 0.2) is 52.0 Å². The van der Waals surface area contributed by atoms with Crippen LogP contribution in [-0.2, 0) is 73.8 Å². The smallest absolute Gasteiger partial charge is 0.444 e. The molecule has 9 heterocycles. The zero-order valence-electron chi connectivity index (χ0n) is 60.9. The zero-order valence-corrected chi connectivity index (χ0v) is 65.4. The molecule has 0 bridgehead atoms. The van der Waals surface area contributed by atoms with Crippen molar-refractivity contribution in [2.45, 2.75) is 185 Å². The zero-order chi connectivity index (χ0) is 79.3. The highest BCUT2D eigenvalue weighted by molar-refractivity contribution is 7.87. The first-order chi connectivity index (χ1) is 49.5. The van der Waals surface area contributed by atoms with Crippen LogP contribution in [0.2, 0.25) is 18.1 Å². The Morgan fingerprint density at radius 1 is 0.557 bits per heavy atom. The molecule has 9 rings (SSSR count). The summed E-state index contributed by atoms with van der Waals surface area (Å²) in [6, 6.07) is -4.37. The van der Waals surface area contributed by atoms with E-state index in [0.717, 1.165) is 0 Å². The van der Waals surface area contributed by atoms with Crippen LogP contribution in [0.4, 0.5) is 18.0 Å². The molecule has 38 nitrogen and oxygen atoms in total. The Labute approximate surface area is 608 Å². The Balaban J connectivity index is 0.000000227. The number of aromatic nitrogens is 9. The van der Waals surface area contributed by atoms with Crippen molar-refractivity contribution in [3.63, 3.8) is 0 Å². The van der Waals surface area contributed by atoms with Crippen LogP contribution in [0, 0.1) is 0 Å². The van der Waals surface area contributed by atoms with Gasteiger partial charge in [0.2, 0.25) is 0 Å². The number of aromatic amines is 6. The normalized spacial score (nSPS) is 23.4. The Hall–Kier alpha value is -5.54. The molecule has 46 heteroatoms. The quantitative estimate of drug-likeness (QED) is 0.0124. The number of nitrogens with zero attached hydrogens (tertiary/aromatic N) is 4. The van der Waals surface area contributed by atoms with Crippen molar-refractivity contribution in [1.29, 1.82) is 0 Å². The summed E-state index contributed by atoms with van der Waals surface area (Å²) in [6.45, 7) is 25.2. The van der Waals surface area contributed by atoms with E-state index in [1.54, 1.807) is 60.9 Å². The van der Waals surface area contributed by atoms with E-state index in [1.165, 1.54) is 43.9 Å². The van der Waals surface area contributed by atoms with Gasteiger partial charge in [0.15, 0.2) is 14.7 Å². The highest BCUT2D eigenvalue weighted by Crippen LogP contribution is 2.52. The Kier molecular flexibility index (Phi) is 31.6. The molecule has 600 valence electrons. The van der Waals surface area contributed by atoms with Crippen molar-refractivity contribution in [2.24, 2.45) is 0 Å². The largest absolute Gasteiger partial charge is 0.523 e. The van der Waals surface area contributed by atoms with Crippen molar-refractivity contribution in [1.82, 2.24) is 60.4 Å². The molecular weight excluding hydrogens is 1510 g/mol. The number of aliphatic hydroxyl groups excluding tert-OH is 6. The van der Waals surface area contributed by atoms with Gasteiger partial charge in [-0.1, -0.05) is 20.8 Å². The van der Waals surface area contributed by atoms with Crippen LogP contribution < -0.4 is 27.3 Å². The van der Waals surface area contributed by atoms with Gasteiger partial charge in [-0.25, -0.2) is 19.7 Å². The monoisotopic (exact) mass is 1610 g/mol. The summed E-state index contributed by atoms with van der Waals surface area (Å²) in [5.41, 5.74) is -3.89. The number of amides is 1. The number of halogens is 3. The standard InChI is InChI=1S/C22H36N4O6Si.2C16H25N4O7P.C6H12F3O6PS/c1-21(2,3)32-20(30)26-13(10-31-33(7,8)22(4,5)6)17(27)18(28)16(26)12-9-23-15-14(12)24-11-25-19(15)29;1-3-26-28(24,27-4-2)8-25-15-10(6-21)20-12(14(15)22)9-5-17-13-11(9)18-7-19-16(13)23;1-3-26-28(24,27-4-2)8-25-15-12(20-10(6-21)14(15)22)9-5-17-13-11(9)18-7-19-16(13)23;1-3-13-16(10,14-4-2)5-15-17(11,12)6(7,8)9/h9,11,13,16-18,23,27-28H,10H2,1-8H3,(H,24,25,29);2*5,7,10,12,14-15,17,20-22H,3-4,6,8H2,1-2H3,(H,18,19,23);3-5H2,1-2H3/t13-,16+,17-,18+;10-,12+,14+,15-;10-,12+,14-,15+;/m111./s1. The fourth-order valence-corrected chi connectivity index (χ4v) is 17.2. The van der Waals surface area contributed by atoms with E-state index in [-0.39, 0.29) is 110 Å². The van der Waals surface area contributed by atoms with E-state index in [0.29, 0.717) is 33.2 Å². The van der Waals surface area contributed by atoms with Gasteiger partial charge in [-0.2, -0.15) is 21.6 Å². The first-order valence-electron chi connectivity index (χ1n) is 33.6. The molecule has 6 aromatic heterocycles. The molecular formula is C60H98F3N12O26P3SSi. The second-order valence-corrected chi connectivity index (χ2v) is 38.8. The maximum Gasteiger partial charge on any atom is 0.523 e. The van der Waals surface area contributed by atoms with Crippen LogP contribution in [0.1, 0.15) is 118 Å². The number of hydrogen-bond acceptors (Lipinski definition) is 31. The van der Waals surface area contributed by atoms with Crippen molar-refractivity contribution in [2.75, 3.05) is 78.5 Å². The van der Waals surface area contributed by atoms with Crippen LogP contribution in [-0.4, -0.2) is 248 Å². The van der Waals surface area contributed by atoms with Gasteiger partial charge in [0.1, 0.15) is 81.9 Å². The lowest BCUT2D eigenvalue weighted by Gasteiger charge is -2.39. The topological polar surface area (TPSA) is 537 Å². The number of rotatable bonds is 29. The molecule has 106 heavy (non-hydrogen) atoms. The number of H-pyrrole nitrogens is 6. The summed E-state index contributed by atoms with van der Waals surface area (Å²) in [5.74, 6) is 0. The first-order valence-corrected chi connectivity index (χ1v) is 43.1. The van der Waals surface area contributed by atoms with Crippen LogP contribution >= 0.6 is 22.8 Å². The van der Waals surface area contributed by atoms with Gasteiger partial charge >= 0.3 is 44.5 Å². The molecule has 1 amide bonds. The molecule has 0 unspecified atom stereocenters. The molecule has 6 aromatic rings. The lowest BCUT2D eigenvalue weighted by atomic mass is 10.0. The van der Waals surface area contributed by atoms with Crippen LogP contribution in [0.5, 0.6) is 0 Å². The van der Waals surface area contributed by atoms with E-state index in [1.807, 2.05) is 0 Å². The Morgan fingerprint density at radius 2 is 0.943 bits per heavy atom. The van der Waals surface area contributed by atoms with Crippen molar-refractivity contribution >= 4 is 80.4 Å². The SMILES string of the molecule is CC(C)(C)OC(=O)N1[C@H](CO[Si](C)(C)C(C)(C)C)[C@@H](O)[C@@H](O)[C@@H]1c1c[nH]c2c(=O)[nH]cnc12.CCOP(=O)(COS(=O)(=O)C(F)(F)F)OCC.CCOP(=O)(CO[C@@H]1[C@H](O)[C@@H](CO)N[C@H]1c1c[nH]c2c(=O)[nH]cnc12)OCC.CCOP(=O)(CO[C@H]1[C@@H](O)[C@H](c2c[nH]c3c(=O)[nH]cnc23)N[C@@H]1CO)OCC. The van der Waals surface area contributed by atoms with Crippen molar-refractivity contribution in [3.05, 3.63) is 85.3 Å². The molecule has 3 aliphatic heterocycles. The average Bonchev–Trinajstić information content (AvgIpc) is 1.61. The summed E-state index contributed by atoms with van der Waals surface area (Å²) in [5, 5.41) is 68.8. The van der Waals surface area contributed by atoms with Gasteiger partial charge in [0.25, 0.3) is 16.7 Å². The second kappa shape index (κ2) is 37.4. The van der Waals surface area contributed by atoms with Gasteiger partial charge in [0.05, 0.1) is 121 Å². The highest BCUT2D eigenvalue weighted by atomic mass is 32.2. The molecule has 0 aliphatic carbocycles. The number of carbonyl (C=O) groups is 1. The number of fused-ring (bicyclic) bond motifs is 3. The first kappa shape index (κ1) is 89.4. The Morgan fingerprint density at radius 3 is 1.34 bits per heavy atom. The van der Waals surface area contributed by atoms with Gasteiger partial charge < -0.3 is 117 Å². The average molecular weight is 1610 g/mol. The number of carbonyl (C=O) groups excluding carboxylic acids is 1. The number of alkyl halides is 3. The molecule has 3 saturated heterocycles. The van der Waals surface area contributed by atoms with E-state index >= 15 is 0 Å². The predicted octanol–water partition coefficient (Wildman–Crippen LogP) is 5.18. The molecule has 0 radical (unpaired) electrons. The maximum atomic E-state index is 13.3. The molecule has 0 aromatic carbocycles. The minimum atomic E-state index is -5.80. The fraction of sp³-hybridized carbons (Fsp3) is 0.683. The summed E-state index contributed by atoms with van der Waals surface area (Å²) in [7, 11) is -19.0. The number of hydrogen-bond donors (Lipinski definition) is 14. The molecule has 14 N–H and O–H groups in total.